The van der Waals surface area contributed by atoms with E-state index in [-0.39, 0.29) is 0 Å². The lowest BCUT2D eigenvalue weighted by molar-refractivity contribution is 0.0944. The van der Waals surface area contributed by atoms with Crippen LogP contribution in [0.4, 0.5) is 0 Å². The molecular formula is C17H36N2. The van der Waals surface area contributed by atoms with Gasteiger partial charge in [-0.2, -0.15) is 0 Å². The maximum Gasteiger partial charge on any atom is 0.00953 e. The summed E-state index contributed by atoms with van der Waals surface area (Å²) in [5, 5.41) is 3.58. The molecule has 1 unspecified atom stereocenters. The molecule has 1 N–H and O–H groups in total. The standard InChI is InChI=1S/C17H36N2/c1-5-13-17(4,14-18-6-2)15-19(7-3)16-11-9-8-10-12-16/h16,18H,5-15H2,1-4H3. The zero-order valence-corrected chi connectivity index (χ0v) is 13.8. The van der Waals surface area contributed by atoms with E-state index < -0.39 is 0 Å². The summed E-state index contributed by atoms with van der Waals surface area (Å²) in [6, 6.07) is 0.858. The Balaban J connectivity index is 2.57. The zero-order chi connectivity index (χ0) is 14.1. The molecule has 0 saturated heterocycles. The first kappa shape index (κ1) is 17.0. The molecule has 0 radical (unpaired) electrons. The molecule has 0 aromatic rings. The molecule has 1 rings (SSSR count). The minimum atomic E-state index is 0.443. The van der Waals surface area contributed by atoms with E-state index in [1.165, 1.54) is 64.6 Å². The molecule has 19 heavy (non-hydrogen) atoms. The third-order valence-electron chi connectivity index (χ3n) is 4.74. The maximum absolute atomic E-state index is 3.58. The van der Waals surface area contributed by atoms with Crippen LogP contribution in [0.5, 0.6) is 0 Å². The van der Waals surface area contributed by atoms with Crippen LogP contribution in [-0.2, 0) is 0 Å². The van der Waals surface area contributed by atoms with Gasteiger partial charge >= 0.3 is 0 Å². The highest BCUT2D eigenvalue weighted by Crippen LogP contribution is 2.29. The third kappa shape index (κ3) is 5.83. The van der Waals surface area contributed by atoms with E-state index in [9.17, 15) is 0 Å². The molecule has 1 atom stereocenters. The molecule has 2 heteroatoms. The molecule has 0 spiro atoms. The molecule has 1 aliphatic rings. The van der Waals surface area contributed by atoms with Gasteiger partial charge in [-0.1, -0.05) is 53.4 Å². The normalized spacial score (nSPS) is 20.7. The van der Waals surface area contributed by atoms with E-state index >= 15 is 0 Å². The molecule has 0 aromatic carbocycles. The second kappa shape index (κ2) is 8.97. The number of nitrogens with one attached hydrogen (secondary N) is 1. The molecular weight excluding hydrogens is 232 g/mol. The quantitative estimate of drug-likeness (QED) is 0.678. The van der Waals surface area contributed by atoms with Crippen LogP contribution in [0.3, 0.4) is 0 Å². The Morgan fingerprint density at radius 2 is 1.79 bits per heavy atom. The van der Waals surface area contributed by atoms with Gasteiger partial charge in [-0.3, -0.25) is 0 Å². The van der Waals surface area contributed by atoms with E-state index in [0.29, 0.717) is 5.41 Å². The van der Waals surface area contributed by atoms with Crippen molar-refractivity contribution in [2.75, 3.05) is 26.2 Å². The molecule has 0 aliphatic heterocycles. The summed E-state index contributed by atoms with van der Waals surface area (Å²) in [5.41, 5.74) is 0.443. The van der Waals surface area contributed by atoms with Crippen LogP contribution in [0.15, 0.2) is 0 Å². The average Bonchev–Trinajstić information content (AvgIpc) is 2.44. The van der Waals surface area contributed by atoms with Crippen LogP contribution in [0.2, 0.25) is 0 Å². The monoisotopic (exact) mass is 268 g/mol. The van der Waals surface area contributed by atoms with Crippen molar-refractivity contribution in [3.05, 3.63) is 0 Å². The lowest BCUT2D eigenvalue weighted by atomic mass is 9.83. The van der Waals surface area contributed by atoms with Gasteiger partial charge in [0.2, 0.25) is 0 Å². The van der Waals surface area contributed by atoms with Gasteiger partial charge in [0.1, 0.15) is 0 Å². The summed E-state index contributed by atoms with van der Waals surface area (Å²) >= 11 is 0. The summed E-state index contributed by atoms with van der Waals surface area (Å²) in [5.74, 6) is 0. The van der Waals surface area contributed by atoms with Crippen LogP contribution in [0.1, 0.15) is 72.6 Å². The largest absolute Gasteiger partial charge is 0.316 e. The topological polar surface area (TPSA) is 15.3 Å². The van der Waals surface area contributed by atoms with Crippen molar-refractivity contribution < 1.29 is 0 Å². The van der Waals surface area contributed by atoms with Crippen LogP contribution < -0.4 is 5.32 Å². The van der Waals surface area contributed by atoms with Crippen molar-refractivity contribution in [1.29, 1.82) is 0 Å². The van der Waals surface area contributed by atoms with Gasteiger partial charge in [-0.15, -0.1) is 0 Å². The predicted octanol–water partition coefficient (Wildman–Crippen LogP) is 4.06. The summed E-state index contributed by atoms with van der Waals surface area (Å²) < 4.78 is 0. The van der Waals surface area contributed by atoms with Gasteiger partial charge in [0.05, 0.1) is 0 Å². The number of rotatable bonds is 9. The molecule has 0 amide bonds. The molecule has 1 saturated carbocycles. The third-order valence-corrected chi connectivity index (χ3v) is 4.74. The van der Waals surface area contributed by atoms with Gasteiger partial charge in [-0.05, 0) is 37.8 Å². The Hall–Kier alpha value is -0.0800. The van der Waals surface area contributed by atoms with Gasteiger partial charge in [0.15, 0.2) is 0 Å². The Labute approximate surface area is 121 Å². The van der Waals surface area contributed by atoms with Gasteiger partial charge < -0.3 is 10.2 Å². The minimum Gasteiger partial charge on any atom is -0.316 e. The van der Waals surface area contributed by atoms with Gasteiger partial charge in [-0.25, -0.2) is 0 Å². The lowest BCUT2D eigenvalue weighted by Crippen LogP contribution is -2.46. The Morgan fingerprint density at radius 1 is 1.11 bits per heavy atom. The molecule has 0 aromatic heterocycles. The second-order valence-corrected chi connectivity index (χ2v) is 6.70. The predicted molar refractivity (Wildman–Crippen MR) is 85.7 cm³/mol. The second-order valence-electron chi connectivity index (χ2n) is 6.70. The van der Waals surface area contributed by atoms with E-state index in [4.69, 9.17) is 0 Å². The Kier molecular flexibility index (Phi) is 8.01. The summed E-state index contributed by atoms with van der Waals surface area (Å²) in [6.45, 7) is 14.1. The van der Waals surface area contributed by atoms with Crippen molar-refractivity contribution >= 4 is 0 Å². The van der Waals surface area contributed by atoms with Gasteiger partial charge in [0, 0.05) is 19.1 Å². The summed E-state index contributed by atoms with van der Waals surface area (Å²) in [7, 11) is 0. The van der Waals surface area contributed by atoms with Crippen LogP contribution in [-0.4, -0.2) is 37.1 Å². The van der Waals surface area contributed by atoms with Crippen molar-refractivity contribution in [3.63, 3.8) is 0 Å². The fraction of sp³-hybridized carbons (Fsp3) is 1.00. The SMILES string of the molecule is CCCC(C)(CNCC)CN(CC)C1CCCCC1. The zero-order valence-electron chi connectivity index (χ0n) is 13.8. The number of hydrogen-bond acceptors (Lipinski definition) is 2. The average molecular weight is 268 g/mol. The van der Waals surface area contributed by atoms with E-state index in [1.54, 1.807) is 0 Å². The van der Waals surface area contributed by atoms with E-state index in [2.05, 4.69) is 37.9 Å². The molecule has 2 nitrogen and oxygen atoms in total. The molecule has 1 fully saturated rings. The van der Waals surface area contributed by atoms with Crippen molar-refractivity contribution in [2.45, 2.75) is 78.7 Å². The fourth-order valence-corrected chi connectivity index (χ4v) is 3.69. The van der Waals surface area contributed by atoms with Crippen LogP contribution >= 0.6 is 0 Å². The maximum atomic E-state index is 3.58. The first-order chi connectivity index (χ1) is 9.15. The molecule has 114 valence electrons. The Morgan fingerprint density at radius 3 is 2.32 bits per heavy atom. The molecule has 0 heterocycles. The lowest BCUT2D eigenvalue weighted by Gasteiger charge is -2.40. The van der Waals surface area contributed by atoms with E-state index in [0.717, 1.165) is 12.6 Å². The number of nitrogens with zero attached hydrogens (tertiary/aromatic N) is 1. The van der Waals surface area contributed by atoms with Crippen molar-refractivity contribution in [1.82, 2.24) is 10.2 Å². The highest BCUT2D eigenvalue weighted by atomic mass is 15.2. The molecule has 1 aliphatic carbocycles. The molecule has 0 bridgehead atoms. The summed E-state index contributed by atoms with van der Waals surface area (Å²) in [4.78, 5) is 2.77. The van der Waals surface area contributed by atoms with Crippen molar-refractivity contribution in [3.8, 4) is 0 Å². The van der Waals surface area contributed by atoms with Crippen LogP contribution in [0.25, 0.3) is 0 Å². The first-order valence-electron chi connectivity index (χ1n) is 8.60. The fourth-order valence-electron chi connectivity index (χ4n) is 3.69. The highest BCUT2D eigenvalue weighted by molar-refractivity contribution is 4.84. The smallest absolute Gasteiger partial charge is 0.00953 e. The first-order valence-corrected chi connectivity index (χ1v) is 8.60. The Bertz CT molecular complexity index is 223. The minimum absolute atomic E-state index is 0.443. The van der Waals surface area contributed by atoms with Crippen molar-refractivity contribution in [2.24, 2.45) is 5.41 Å². The van der Waals surface area contributed by atoms with Gasteiger partial charge in [0.25, 0.3) is 0 Å². The summed E-state index contributed by atoms with van der Waals surface area (Å²) in [6.07, 6.45) is 9.83. The highest BCUT2D eigenvalue weighted by Gasteiger charge is 2.29. The number of hydrogen-bond donors (Lipinski definition) is 1. The van der Waals surface area contributed by atoms with Crippen LogP contribution in [0, 0.1) is 5.41 Å². The van der Waals surface area contributed by atoms with E-state index in [1.807, 2.05) is 0 Å².